The van der Waals surface area contributed by atoms with Gasteiger partial charge in [0.25, 0.3) is 0 Å². The van der Waals surface area contributed by atoms with Crippen LogP contribution in [-0.2, 0) is 6.54 Å². The first-order chi connectivity index (χ1) is 11.0. The lowest BCUT2D eigenvalue weighted by Crippen LogP contribution is -2.40. The number of urea groups is 1. The topological polar surface area (TPSA) is 54.5 Å². The predicted molar refractivity (Wildman–Crippen MR) is 81.5 cm³/mol. The summed E-state index contributed by atoms with van der Waals surface area (Å²) in [6.07, 6.45) is -2.14. The lowest BCUT2D eigenvalue weighted by molar-refractivity contribution is -0.154. The molecule has 1 aromatic rings. The third-order valence-electron chi connectivity index (χ3n) is 3.16. The molecule has 0 atom stereocenters. The fourth-order valence-corrected chi connectivity index (χ4v) is 2.96. The SMILES string of the molecule is O=C(NCc1cccnc1OCC(F)(F)F)N1CCCSCC1. The van der Waals surface area contributed by atoms with Gasteiger partial charge in [0.1, 0.15) is 0 Å². The molecular formula is C14H18F3N3O2S. The lowest BCUT2D eigenvalue weighted by atomic mass is 10.2. The Kier molecular flexibility index (Phi) is 6.37. The number of aromatic nitrogens is 1. The van der Waals surface area contributed by atoms with Crippen molar-refractivity contribution in [3.8, 4) is 5.88 Å². The first-order valence-electron chi connectivity index (χ1n) is 7.20. The van der Waals surface area contributed by atoms with Crippen LogP contribution in [0.5, 0.6) is 5.88 Å². The highest BCUT2D eigenvalue weighted by Gasteiger charge is 2.29. The number of nitrogens with one attached hydrogen (secondary N) is 1. The summed E-state index contributed by atoms with van der Waals surface area (Å²) in [5, 5.41) is 2.71. The average molecular weight is 349 g/mol. The van der Waals surface area contributed by atoms with Gasteiger partial charge in [-0.15, -0.1) is 0 Å². The van der Waals surface area contributed by atoms with Crippen LogP contribution in [0.1, 0.15) is 12.0 Å². The molecule has 2 heterocycles. The van der Waals surface area contributed by atoms with Crippen molar-refractivity contribution in [3.05, 3.63) is 23.9 Å². The van der Waals surface area contributed by atoms with E-state index in [1.165, 1.54) is 6.20 Å². The van der Waals surface area contributed by atoms with E-state index in [-0.39, 0.29) is 18.5 Å². The maximum atomic E-state index is 12.2. The Morgan fingerprint density at radius 1 is 1.39 bits per heavy atom. The summed E-state index contributed by atoms with van der Waals surface area (Å²) >= 11 is 1.80. The highest BCUT2D eigenvalue weighted by molar-refractivity contribution is 7.99. The van der Waals surface area contributed by atoms with Gasteiger partial charge in [0.2, 0.25) is 5.88 Å². The van der Waals surface area contributed by atoms with Crippen molar-refractivity contribution in [1.82, 2.24) is 15.2 Å². The molecule has 5 nitrogen and oxygen atoms in total. The third-order valence-corrected chi connectivity index (χ3v) is 4.21. The van der Waals surface area contributed by atoms with Crippen LogP contribution in [0.15, 0.2) is 18.3 Å². The Bertz CT molecular complexity index is 520. The van der Waals surface area contributed by atoms with Gasteiger partial charge < -0.3 is 15.0 Å². The molecule has 0 saturated carbocycles. The summed E-state index contributed by atoms with van der Waals surface area (Å²) in [7, 11) is 0. The molecule has 9 heteroatoms. The second kappa shape index (κ2) is 8.28. The normalized spacial score (nSPS) is 15.9. The number of hydrogen-bond donors (Lipinski definition) is 1. The predicted octanol–water partition coefficient (Wildman–Crippen LogP) is 2.67. The van der Waals surface area contributed by atoms with Crippen LogP contribution >= 0.6 is 11.8 Å². The number of hydrogen-bond acceptors (Lipinski definition) is 4. The fourth-order valence-electron chi connectivity index (χ4n) is 2.07. The third kappa shape index (κ3) is 6.17. The molecule has 1 saturated heterocycles. The summed E-state index contributed by atoms with van der Waals surface area (Å²) in [5.41, 5.74) is 0.411. The number of carbonyl (C=O) groups is 1. The van der Waals surface area contributed by atoms with Crippen molar-refractivity contribution in [2.45, 2.75) is 19.1 Å². The van der Waals surface area contributed by atoms with E-state index in [2.05, 4.69) is 10.3 Å². The van der Waals surface area contributed by atoms with Gasteiger partial charge in [0.05, 0.1) is 0 Å². The summed E-state index contributed by atoms with van der Waals surface area (Å²) in [6, 6.07) is 2.94. The Morgan fingerprint density at radius 3 is 3.00 bits per heavy atom. The van der Waals surface area contributed by atoms with Gasteiger partial charge in [-0.3, -0.25) is 0 Å². The fraction of sp³-hybridized carbons (Fsp3) is 0.571. The van der Waals surface area contributed by atoms with Gasteiger partial charge >= 0.3 is 12.2 Å². The number of pyridine rings is 1. The maximum Gasteiger partial charge on any atom is 0.422 e. The molecule has 1 fully saturated rings. The minimum absolute atomic E-state index is 0.0729. The van der Waals surface area contributed by atoms with Crippen LogP contribution in [-0.4, -0.2) is 53.3 Å². The van der Waals surface area contributed by atoms with E-state index in [4.69, 9.17) is 4.74 Å². The van der Waals surface area contributed by atoms with E-state index in [1.54, 1.807) is 28.8 Å². The number of thioether (sulfide) groups is 1. The maximum absolute atomic E-state index is 12.2. The molecule has 0 unspecified atom stereocenters. The van der Waals surface area contributed by atoms with Crippen molar-refractivity contribution in [2.24, 2.45) is 0 Å². The van der Waals surface area contributed by atoms with Gasteiger partial charge in [-0.25, -0.2) is 9.78 Å². The number of nitrogens with zero attached hydrogens (tertiary/aromatic N) is 2. The van der Waals surface area contributed by atoms with Crippen LogP contribution in [0.2, 0.25) is 0 Å². The molecular weight excluding hydrogens is 331 g/mol. The van der Waals surface area contributed by atoms with Crippen molar-refractivity contribution < 1.29 is 22.7 Å². The molecule has 0 radical (unpaired) electrons. The molecule has 2 amide bonds. The summed E-state index contributed by atoms with van der Waals surface area (Å²) in [5.74, 6) is 1.80. The minimum Gasteiger partial charge on any atom is -0.468 e. The van der Waals surface area contributed by atoms with E-state index in [9.17, 15) is 18.0 Å². The molecule has 23 heavy (non-hydrogen) atoms. The minimum atomic E-state index is -4.43. The Morgan fingerprint density at radius 2 is 2.22 bits per heavy atom. The lowest BCUT2D eigenvalue weighted by Gasteiger charge is -2.21. The first-order valence-corrected chi connectivity index (χ1v) is 8.35. The number of alkyl halides is 3. The largest absolute Gasteiger partial charge is 0.468 e. The van der Waals surface area contributed by atoms with E-state index in [0.29, 0.717) is 18.7 Å². The van der Waals surface area contributed by atoms with E-state index < -0.39 is 12.8 Å². The average Bonchev–Trinajstić information content (AvgIpc) is 2.80. The zero-order valence-corrected chi connectivity index (χ0v) is 13.3. The quantitative estimate of drug-likeness (QED) is 0.908. The Hall–Kier alpha value is -1.64. The number of ether oxygens (including phenoxy) is 1. The highest BCUT2D eigenvalue weighted by Crippen LogP contribution is 2.20. The van der Waals surface area contributed by atoms with Gasteiger partial charge in [0, 0.05) is 37.1 Å². The van der Waals surface area contributed by atoms with E-state index in [1.807, 2.05) is 0 Å². The molecule has 0 aromatic carbocycles. The van der Waals surface area contributed by atoms with E-state index >= 15 is 0 Å². The van der Waals surface area contributed by atoms with Gasteiger partial charge in [-0.2, -0.15) is 24.9 Å². The number of rotatable bonds is 4. The van der Waals surface area contributed by atoms with Gasteiger partial charge in [-0.1, -0.05) is 6.07 Å². The van der Waals surface area contributed by atoms with Crippen LogP contribution < -0.4 is 10.1 Å². The molecule has 0 spiro atoms. The molecule has 128 valence electrons. The zero-order valence-electron chi connectivity index (χ0n) is 12.4. The summed E-state index contributed by atoms with van der Waals surface area (Å²) in [6.45, 7) is 0.0160. The highest BCUT2D eigenvalue weighted by atomic mass is 32.2. The number of carbonyl (C=O) groups excluding carboxylic acids is 1. The molecule has 2 rings (SSSR count). The molecule has 0 bridgehead atoms. The standard InChI is InChI=1S/C14H18F3N3O2S/c15-14(16,17)10-22-12-11(3-1-4-18-12)9-19-13(21)20-5-2-7-23-8-6-20/h1,3-4H,2,5-10H2,(H,19,21). The van der Waals surface area contributed by atoms with Crippen LogP contribution in [0.3, 0.4) is 0 Å². The van der Waals surface area contributed by atoms with Crippen molar-refractivity contribution in [1.29, 1.82) is 0 Å². The van der Waals surface area contributed by atoms with Crippen molar-refractivity contribution in [2.75, 3.05) is 31.2 Å². The van der Waals surface area contributed by atoms with E-state index in [0.717, 1.165) is 17.9 Å². The van der Waals surface area contributed by atoms with Crippen LogP contribution in [0, 0.1) is 0 Å². The molecule has 1 N–H and O–H groups in total. The first kappa shape index (κ1) is 17.7. The zero-order chi connectivity index (χ0) is 16.7. The second-order valence-corrected chi connectivity index (χ2v) is 6.21. The Labute approximate surface area is 136 Å². The summed E-state index contributed by atoms with van der Waals surface area (Å²) in [4.78, 5) is 17.6. The van der Waals surface area contributed by atoms with Gasteiger partial charge in [-0.05, 0) is 18.2 Å². The van der Waals surface area contributed by atoms with Crippen molar-refractivity contribution >= 4 is 17.8 Å². The molecule has 1 aliphatic heterocycles. The van der Waals surface area contributed by atoms with Crippen molar-refractivity contribution in [3.63, 3.8) is 0 Å². The molecule has 0 aliphatic carbocycles. The van der Waals surface area contributed by atoms with Crippen LogP contribution in [0.4, 0.5) is 18.0 Å². The smallest absolute Gasteiger partial charge is 0.422 e. The second-order valence-electron chi connectivity index (χ2n) is 4.98. The summed E-state index contributed by atoms with van der Waals surface area (Å²) < 4.78 is 41.4. The number of amides is 2. The number of halogens is 3. The molecule has 1 aromatic heterocycles. The Balaban J connectivity index is 1.90. The van der Waals surface area contributed by atoms with Crippen LogP contribution in [0.25, 0.3) is 0 Å². The molecule has 1 aliphatic rings. The van der Waals surface area contributed by atoms with Gasteiger partial charge in [0.15, 0.2) is 6.61 Å². The monoisotopic (exact) mass is 349 g/mol.